The fourth-order valence-corrected chi connectivity index (χ4v) is 4.49. The standard InChI is InChI=1S/C20H19N/c21-13-19-17-10-11-18(12-17)20(19)16-8-6-15(7-9-16)14-4-2-1-3-5-14/h1-9,17-20H,10-12H2/t17-,18+,19+,20-/m1/s1. The highest BCUT2D eigenvalue weighted by molar-refractivity contribution is 5.63. The predicted octanol–water partition coefficient (Wildman–Crippen LogP) is 5.01. The summed E-state index contributed by atoms with van der Waals surface area (Å²) in [5, 5.41) is 9.50. The van der Waals surface area contributed by atoms with E-state index in [-0.39, 0.29) is 5.92 Å². The van der Waals surface area contributed by atoms with Crippen molar-refractivity contribution < 1.29 is 0 Å². The molecule has 1 nitrogen and oxygen atoms in total. The van der Waals surface area contributed by atoms with Crippen molar-refractivity contribution in [3.05, 3.63) is 60.2 Å². The van der Waals surface area contributed by atoms with Crippen LogP contribution in [0.1, 0.15) is 30.7 Å². The van der Waals surface area contributed by atoms with Gasteiger partial charge in [0.05, 0.1) is 12.0 Å². The molecule has 0 radical (unpaired) electrons. The second kappa shape index (κ2) is 5.04. The molecule has 21 heavy (non-hydrogen) atoms. The van der Waals surface area contributed by atoms with E-state index in [9.17, 15) is 5.26 Å². The second-order valence-electron chi connectivity index (χ2n) is 6.50. The molecule has 0 aromatic heterocycles. The smallest absolute Gasteiger partial charge is 0.0665 e. The zero-order valence-electron chi connectivity index (χ0n) is 12.1. The number of rotatable bonds is 2. The Morgan fingerprint density at radius 2 is 1.48 bits per heavy atom. The molecule has 4 rings (SSSR count). The molecule has 2 bridgehead atoms. The van der Waals surface area contributed by atoms with Crippen LogP contribution in [-0.4, -0.2) is 0 Å². The first kappa shape index (κ1) is 12.7. The molecule has 2 aromatic carbocycles. The topological polar surface area (TPSA) is 23.8 Å². The Hall–Kier alpha value is -2.07. The van der Waals surface area contributed by atoms with Gasteiger partial charge < -0.3 is 0 Å². The second-order valence-corrected chi connectivity index (χ2v) is 6.50. The monoisotopic (exact) mass is 273 g/mol. The van der Waals surface area contributed by atoms with E-state index in [4.69, 9.17) is 0 Å². The van der Waals surface area contributed by atoms with E-state index >= 15 is 0 Å². The Morgan fingerprint density at radius 1 is 0.810 bits per heavy atom. The van der Waals surface area contributed by atoms with Crippen molar-refractivity contribution in [2.24, 2.45) is 17.8 Å². The maximum atomic E-state index is 9.50. The molecule has 1 heteroatoms. The zero-order valence-corrected chi connectivity index (χ0v) is 12.1. The van der Waals surface area contributed by atoms with Crippen molar-refractivity contribution in [2.75, 3.05) is 0 Å². The van der Waals surface area contributed by atoms with E-state index in [0.717, 1.165) is 5.92 Å². The molecule has 0 N–H and O–H groups in total. The molecule has 0 spiro atoms. The molecule has 2 aliphatic rings. The Kier molecular flexibility index (Phi) is 3.04. The molecule has 2 aromatic rings. The molecule has 2 saturated carbocycles. The lowest BCUT2D eigenvalue weighted by molar-refractivity contribution is 0.349. The Morgan fingerprint density at radius 3 is 2.19 bits per heavy atom. The van der Waals surface area contributed by atoms with Gasteiger partial charge in [-0.15, -0.1) is 0 Å². The van der Waals surface area contributed by atoms with E-state index in [1.54, 1.807) is 0 Å². The zero-order chi connectivity index (χ0) is 14.2. The van der Waals surface area contributed by atoms with Gasteiger partial charge in [0.1, 0.15) is 0 Å². The van der Waals surface area contributed by atoms with Gasteiger partial charge in [0.25, 0.3) is 0 Å². The van der Waals surface area contributed by atoms with Gasteiger partial charge in [0.2, 0.25) is 0 Å². The number of benzene rings is 2. The molecule has 104 valence electrons. The summed E-state index contributed by atoms with van der Waals surface area (Å²) in [5.41, 5.74) is 3.89. The van der Waals surface area contributed by atoms with Crippen molar-refractivity contribution >= 4 is 0 Å². The van der Waals surface area contributed by atoms with E-state index in [1.165, 1.54) is 36.0 Å². The van der Waals surface area contributed by atoms with Crippen LogP contribution in [0.15, 0.2) is 54.6 Å². The third-order valence-corrected chi connectivity index (χ3v) is 5.47. The molecule has 0 heterocycles. The first-order chi connectivity index (χ1) is 10.4. The number of hydrogen-bond donors (Lipinski definition) is 0. The van der Waals surface area contributed by atoms with E-state index < -0.39 is 0 Å². The molecule has 0 amide bonds. The average molecular weight is 273 g/mol. The number of nitrogens with zero attached hydrogens (tertiary/aromatic N) is 1. The lowest BCUT2D eigenvalue weighted by Crippen LogP contribution is -2.19. The quantitative estimate of drug-likeness (QED) is 0.754. The summed E-state index contributed by atoms with van der Waals surface area (Å²) in [5.74, 6) is 2.10. The SMILES string of the molecule is N#C[C@H]1[C@@H]2CC[C@@H](C2)[C@H]1c1ccc(-c2ccccc2)cc1. The van der Waals surface area contributed by atoms with E-state index in [1.807, 2.05) is 6.07 Å². The largest absolute Gasteiger partial charge is 0.198 e. The molecule has 2 aliphatic carbocycles. The van der Waals surface area contributed by atoms with Gasteiger partial charge in [0.15, 0.2) is 0 Å². The first-order valence-corrected chi connectivity index (χ1v) is 7.92. The molecule has 0 unspecified atom stereocenters. The third kappa shape index (κ3) is 2.07. The van der Waals surface area contributed by atoms with E-state index in [0.29, 0.717) is 11.8 Å². The van der Waals surface area contributed by atoms with Crippen LogP contribution < -0.4 is 0 Å². The van der Waals surface area contributed by atoms with Crippen molar-refractivity contribution in [1.29, 1.82) is 5.26 Å². The van der Waals surface area contributed by atoms with Crippen LogP contribution in [0.4, 0.5) is 0 Å². The highest BCUT2D eigenvalue weighted by atomic mass is 14.5. The fraction of sp³-hybridized carbons (Fsp3) is 0.350. The molecule has 4 atom stereocenters. The third-order valence-electron chi connectivity index (χ3n) is 5.47. The van der Waals surface area contributed by atoms with Crippen LogP contribution in [0.2, 0.25) is 0 Å². The van der Waals surface area contributed by atoms with E-state index in [2.05, 4.69) is 54.6 Å². The molecule has 0 aliphatic heterocycles. The Balaban J connectivity index is 1.64. The molecule has 0 saturated heterocycles. The van der Waals surface area contributed by atoms with Gasteiger partial charge in [-0.1, -0.05) is 54.6 Å². The predicted molar refractivity (Wildman–Crippen MR) is 84.6 cm³/mol. The van der Waals surface area contributed by atoms with Crippen molar-refractivity contribution in [3.63, 3.8) is 0 Å². The fourth-order valence-electron chi connectivity index (χ4n) is 4.49. The van der Waals surface area contributed by atoms with Gasteiger partial charge in [0, 0.05) is 5.92 Å². The van der Waals surface area contributed by atoms with Crippen LogP contribution >= 0.6 is 0 Å². The number of fused-ring (bicyclic) bond motifs is 2. The Labute approximate surface area is 126 Å². The normalized spacial score (nSPS) is 30.2. The Bertz CT molecular complexity index is 665. The van der Waals surface area contributed by atoms with Crippen LogP contribution in [-0.2, 0) is 0 Å². The average Bonchev–Trinajstić information content (AvgIpc) is 3.16. The van der Waals surface area contributed by atoms with Crippen LogP contribution in [0.5, 0.6) is 0 Å². The molecular weight excluding hydrogens is 254 g/mol. The molecule has 2 fully saturated rings. The van der Waals surface area contributed by atoms with Gasteiger partial charge in [-0.2, -0.15) is 5.26 Å². The van der Waals surface area contributed by atoms with Crippen molar-refractivity contribution in [3.8, 4) is 17.2 Å². The summed E-state index contributed by atoms with van der Waals surface area (Å²) in [7, 11) is 0. The minimum Gasteiger partial charge on any atom is -0.198 e. The van der Waals surface area contributed by atoms with Gasteiger partial charge in [-0.05, 0) is 47.8 Å². The first-order valence-electron chi connectivity index (χ1n) is 7.92. The summed E-state index contributed by atoms with van der Waals surface area (Å²) >= 11 is 0. The summed E-state index contributed by atoms with van der Waals surface area (Å²) in [6, 6.07) is 22.0. The van der Waals surface area contributed by atoms with Crippen LogP contribution in [0, 0.1) is 29.1 Å². The van der Waals surface area contributed by atoms with Crippen LogP contribution in [0.3, 0.4) is 0 Å². The van der Waals surface area contributed by atoms with Crippen molar-refractivity contribution in [2.45, 2.75) is 25.2 Å². The number of hydrogen-bond acceptors (Lipinski definition) is 1. The maximum absolute atomic E-state index is 9.50. The summed E-state index contributed by atoms with van der Waals surface area (Å²) in [4.78, 5) is 0. The highest BCUT2D eigenvalue weighted by Crippen LogP contribution is 2.56. The number of nitriles is 1. The highest BCUT2D eigenvalue weighted by Gasteiger charge is 2.48. The molecular formula is C20H19N. The maximum Gasteiger partial charge on any atom is 0.0665 e. The van der Waals surface area contributed by atoms with Gasteiger partial charge >= 0.3 is 0 Å². The van der Waals surface area contributed by atoms with Gasteiger partial charge in [-0.25, -0.2) is 0 Å². The summed E-state index contributed by atoms with van der Waals surface area (Å²) in [6.07, 6.45) is 3.85. The lowest BCUT2D eigenvalue weighted by Gasteiger charge is -2.26. The van der Waals surface area contributed by atoms with Crippen LogP contribution in [0.25, 0.3) is 11.1 Å². The minimum atomic E-state index is 0.242. The summed E-state index contributed by atoms with van der Waals surface area (Å²) in [6.45, 7) is 0. The van der Waals surface area contributed by atoms with Crippen molar-refractivity contribution in [1.82, 2.24) is 0 Å². The minimum absolute atomic E-state index is 0.242. The van der Waals surface area contributed by atoms with Gasteiger partial charge in [-0.3, -0.25) is 0 Å². The lowest BCUT2D eigenvalue weighted by atomic mass is 9.76. The summed E-state index contributed by atoms with van der Waals surface area (Å²) < 4.78 is 0.